The maximum atomic E-state index is 12.3. The summed E-state index contributed by atoms with van der Waals surface area (Å²) < 4.78 is 7.77. The van der Waals surface area contributed by atoms with Crippen molar-refractivity contribution in [2.45, 2.75) is 39.0 Å². The van der Waals surface area contributed by atoms with Gasteiger partial charge in [0.2, 0.25) is 0 Å². The number of nitrogens with zero attached hydrogens (tertiary/aromatic N) is 3. The summed E-state index contributed by atoms with van der Waals surface area (Å²) in [5.41, 5.74) is 1.42. The first kappa shape index (κ1) is 14.8. The van der Waals surface area contributed by atoms with Gasteiger partial charge in [-0.2, -0.15) is 0 Å². The van der Waals surface area contributed by atoms with E-state index in [-0.39, 0.29) is 17.7 Å². The molecule has 22 heavy (non-hydrogen) atoms. The standard InChI is InChI=1S/C16H22N4O2/c1-12-9-20(11-16(2,3)22-12)15(21)17-8-13-10-19-7-5-4-6-14(19)18-13/h4-7,10,12H,8-9,11H2,1-3H3,(H,17,21). The quantitative estimate of drug-likeness (QED) is 0.923. The lowest BCUT2D eigenvalue weighted by Gasteiger charge is -2.41. The Bertz CT molecular complexity index is 647. The largest absolute Gasteiger partial charge is 0.369 e. The maximum Gasteiger partial charge on any atom is 0.317 e. The van der Waals surface area contributed by atoms with Gasteiger partial charge in [-0.1, -0.05) is 6.07 Å². The zero-order chi connectivity index (χ0) is 15.7. The Labute approximate surface area is 130 Å². The third kappa shape index (κ3) is 3.22. The molecule has 1 aliphatic heterocycles. The fourth-order valence-corrected chi connectivity index (χ4v) is 2.96. The number of rotatable bonds is 2. The second-order valence-corrected chi connectivity index (χ2v) is 6.43. The summed E-state index contributed by atoms with van der Waals surface area (Å²) in [6.07, 6.45) is 3.92. The van der Waals surface area contributed by atoms with Crippen molar-refractivity contribution in [3.8, 4) is 0 Å². The highest BCUT2D eigenvalue weighted by Gasteiger charge is 2.33. The van der Waals surface area contributed by atoms with Crippen LogP contribution in [0, 0.1) is 0 Å². The number of carbonyl (C=O) groups excluding carboxylic acids is 1. The van der Waals surface area contributed by atoms with Crippen molar-refractivity contribution >= 4 is 11.7 Å². The lowest BCUT2D eigenvalue weighted by molar-refractivity contribution is -0.117. The van der Waals surface area contributed by atoms with Crippen molar-refractivity contribution in [1.82, 2.24) is 19.6 Å². The van der Waals surface area contributed by atoms with Crippen LogP contribution in [0.3, 0.4) is 0 Å². The molecule has 0 bridgehead atoms. The van der Waals surface area contributed by atoms with Gasteiger partial charge in [0.05, 0.1) is 30.5 Å². The number of hydrogen-bond acceptors (Lipinski definition) is 3. The molecule has 1 unspecified atom stereocenters. The van der Waals surface area contributed by atoms with E-state index in [2.05, 4.69) is 10.3 Å². The van der Waals surface area contributed by atoms with Crippen LogP contribution < -0.4 is 5.32 Å². The van der Waals surface area contributed by atoms with Crippen LogP contribution in [0.5, 0.6) is 0 Å². The van der Waals surface area contributed by atoms with Crippen molar-refractivity contribution in [3.63, 3.8) is 0 Å². The molecule has 2 aromatic heterocycles. The summed E-state index contributed by atoms with van der Waals surface area (Å²) in [7, 11) is 0. The summed E-state index contributed by atoms with van der Waals surface area (Å²) in [5.74, 6) is 0. The minimum atomic E-state index is -0.307. The fraction of sp³-hybridized carbons (Fsp3) is 0.500. The summed E-state index contributed by atoms with van der Waals surface area (Å²) in [6, 6.07) is 5.77. The smallest absolute Gasteiger partial charge is 0.317 e. The van der Waals surface area contributed by atoms with E-state index in [9.17, 15) is 4.79 Å². The summed E-state index contributed by atoms with van der Waals surface area (Å²) in [4.78, 5) is 18.6. The number of ether oxygens (including phenoxy) is 1. The first-order valence-electron chi connectivity index (χ1n) is 7.56. The maximum absolute atomic E-state index is 12.3. The zero-order valence-corrected chi connectivity index (χ0v) is 13.2. The number of aromatic nitrogens is 2. The highest BCUT2D eigenvalue weighted by molar-refractivity contribution is 5.74. The van der Waals surface area contributed by atoms with Crippen LogP contribution in [0.25, 0.3) is 5.65 Å². The average Bonchev–Trinajstić information content (AvgIpc) is 2.85. The molecule has 0 aliphatic carbocycles. The predicted octanol–water partition coefficient (Wildman–Crippen LogP) is 2.04. The van der Waals surface area contributed by atoms with Crippen LogP contribution in [0.4, 0.5) is 4.79 Å². The normalized spacial score (nSPS) is 21.0. The van der Waals surface area contributed by atoms with Gasteiger partial charge in [-0.05, 0) is 32.9 Å². The van der Waals surface area contributed by atoms with E-state index in [1.165, 1.54) is 0 Å². The molecule has 0 spiro atoms. The number of fused-ring (bicyclic) bond motifs is 1. The number of carbonyl (C=O) groups is 1. The van der Waals surface area contributed by atoms with Crippen LogP contribution >= 0.6 is 0 Å². The lowest BCUT2D eigenvalue weighted by atomic mass is 10.1. The molecule has 0 aromatic carbocycles. The van der Waals surface area contributed by atoms with E-state index in [0.717, 1.165) is 11.3 Å². The third-order valence-electron chi connectivity index (χ3n) is 3.69. The zero-order valence-electron chi connectivity index (χ0n) is 13.2. The summed E-state index contributed by atoms with van der Waals surface area (Å²) >= 11 is 0. The first-order chi connectivity index (χ1) is 10.4. The molecule has 2 aromatic rings. The van der Waals surface area contributed by atoms with Gasteiger partial charge in [-0.15, -0.1) is 0 Å². The van der Waals surface area contributed by atoms with Gasteiger partial charge >= 0.3 is 6.03 Å². The van der Waals surface area contributed by atoms with Crippen LogP contribution in [-0.4, -0.2) is 45.1 Å². The number of nitrogens with one attached hydrogen (secondary N) is 1. The molecule has 6 nitrogen and oxygen atoms in total. The molecule has 6 heteroatoms. The van der Waals surface area contributed by atoms with Gasteiger partial charge in [0.25, 0.3) is 0 Å². The number of urea groups is 1. The van der Waals surface area contributed by atoms with E-state index in [1.807, 2.05) is 60.7 Å². The molecule has 2 amide bonds. The topological polar surface area (TPSA) is 58.9 Å². The Kier molecular flexibility index (Phi) is 3.78. The van der Waals surface area contributed by atoms with E-state index in [0.29, 0.717) is 19.6 Å². The monoisotopic (exact) mass is 302 g/mol. The number of imidazole rings is 1. The van der Waals surface area contributed by atoms with Crippen LogP contribution in [0.1, 0.15) is 26.5 Å². The number of morpholine rings is 1. The SMILES string of the molecule is CC1CN(C(=O)NCc2cn3ccccc3n2)CC(C)(C)O1. The summed E-state index contributed by atoms with van der Waals surface area (Å²) in [6.45, 7) is 7.63. The summed E-state index contributed by atoms with van der Waals surface area (Å²) in [5, 5.41) is 2.94. The molecule has 1 saturated heterocycles. The van der Waals surface area contributed by atoms with E-state index >= 15 is 0 Å². The van der Waals surface area contributed by atoms with E-state index < -0.39 is 0 Å². The molecule has 1 atom stereocenters. The van der Waals surface area contributed by atoms with Crippen LogP contribution in [-0.2, 0) is 11.3 Å². The highest BCUT2D eigenvalue weighted by atomic mass is 16.5. The molecule has 3 heterocycles. The van der Waals surface area contributed by atoms with Gasteiger partial charge in [-0.3, -0.25) is 0 Å². The van der Waals surface area contributed by atoms with Crippen molar-refractivity contribution in [3.05, 3.63) is 36.3 Å². The predicted molar refractivity (Wildman–Crippen MR) is 83.6 cm³/mol. The van der Waals surface area contributed by atoms with Crippen molar-refractivity contribution in [2.75, 3.05) is 13.1 Å². The Hall–Kier alpha value is -2.08. The Morgan fingerprint density at radius 3 is 3.05 bits per heavy atom. The third-order valence-corrected chi connectivity index (χ3v) is 3.69. The molecule has 1 aliphatic rings. The van der Waals surface area contributed by atoms with Gasteiger partial charge in [-0.25, -0.2) is 9.78 Å². The molecule has 0 saturated carbocycles. The minimum Gasteiger partial charge on any atom is -0.369 e. The van der Waals surface area contributed by atoms with Crippen molar-refractivity contribution < 1.29 is 9.53 Å². The highest BCUT2D eigenvalue weighted by Crippen LogP contribution is 2.20. The molecule has 3 rings (SSSR count). The van der Waals surface area contributed by atoms with Gasteiger partial charge < -0.3 is 19.4 Å². The van der Waals surface area contributed by atoms with Crippen molar-refractivity contribution in [2.24, 2.45) is 0 Å². The van der Waals surface area contributed by atoms with Crippen LogP contribution in [0.15, 0.2) is 30.6 Å². The fourth-order valence-electron chi connectivity index (χ4n) is 2.96. The molecule has 1 fully saturated rings. The van der Waals surface area contributed by atoms with E-state index in [1.54, 1.807) is 0 Å². The molecule has 118 valence electrons. The van der Waals surface area contributed by atoms with Gasteiger partial charge in [0, 0.05) is 18.9 Å². The Morgan fingerprint density at radius 2 is 2.32 bits per heavy atom. The molecule has 1 N–H and O–H groups in total. The second-order valence-electron chi connectivity index (χ2n) is 6.43. The second kappa shape index (κ2) is 5.61. The van der Waals surface area contributed by atoms with Gasteiger partial charge in [0.15, 0.2) is 0 Å². The average molecular weight is 302 g/mol. The van der Waals surface area contributed by atoms with E-state index in [4.69, 9.17) is 4.74 Å². The lowest BCUT2D eigenvalue weighted by Crippen LogP contribution is -2.56. The van der Waals surface area contributed by atoms with Gasteiger partial charge in [0.1, 0.15) is 5.65 Å². The number of pyridine rings is 1. The van der Waals surface area contributed by atoms with Crippen molar-refractivity contribution in [1.29, 1.82) is 0 Å². The number of hydrogen-bond donors (Lipinski definition) is 1. The first-order valence-corrected chi connectivity index (χ1v) is 7.56. The molecule has 0 radical (unpaired) electrons. The minimum absolute atomic E-state index is 0.0460. The molecular formula is C16H22N4O2. The van der Waals surface area contributed by atoms with Crippen LogP contribution in [0.2, 0.25) is 0 Å². The Balaban J connectivity index is 1.62. The number of amides is 2. The molecular weight excluding hydrogens is 280 g/mol. The Morgan fingerprint density at radius 1 is 1.50 bits per heavy atom.